The Morgan fingerprint density at radius 1 is 0.750 bits per heavy atom. The second-order valence-corrected chi connectivity index (χ2v) is 24.1. The van der Waals surface area contributed by atoms with Crippen LogP contribution in [-0.2, 0) is 57.7 Å². The van der Waals surface area contributed by atoms with E-state index < -0.39 is 64.4 Å². The van der Waals surface area contributed by atoms with Crippen LogP contribution in [0.15, 0.2) is 78.9 Å². The summed E-state index contributed by atoms with van der Waals surface area (Å²) in [7, 11) is 3.24. The summed E-state index contributed by atoms with van der Waals surface area (Å²) in [5, 5.41) is 15.5. The lowest BCUT2D eigenvalue weighted by molar-refractivity contribution is -0.154. The lowest BCUT2D eigenvalue weighted by atomic mass is 9.83. The number of rotatable bonds is 19. The van der Waals surface area contributed by atoms with E-state index in [1.54, 1.807) is 30.9 Å². The van der Waals surface area contributed by atoms with Gasteiger partial charge in [0.1, 0.15) is 24.2 Å². The number of ether oxygens (including phenoxy) is 1. The van der Waals surface area contributed by atoms with Gasteiger partial charge >= 0.3 is 0 Å². The van der Waals surface area contributed by atoms with Crippen molar-refractivity contribution in [3.8, 4) is 0 Å². The molecule has 0 aromatic heterocycles. The molecule has 2 aliphatic carbocycles. The number of methoxy groups -OCH3 is 1. The number of benzene rings is 3. The van der Waals surface area contributed by atoms with Gasteiger partial charge in [0.2, 0.25) is 41.4 Å². The highest BCUT2D eigenvalue weighted by molar-refractivity contribution is 5.96. The van der Waals surface area contributed by atoms with Gasteiger partial charge in [0, 0.05) is 45.1 Å². The molecule has 3 aromatic carbocycles. The van der Waals surface area contributed by atoms with E-state index in [1.807, 2.05) is 128 Å². The Morgan fingerprint density at radius 3 is 1.95 bits per heavy atom. The minimum absolute atomic E-state index is 0.00361. The molecule has 2 aliphatic heterocycles. The molecule has 0 radical (unpaired) electrons. The van der Waals surface area contributed by atoms with Crippen molar-refractivity contribution in [1.29, 1.82) is 0 Å². The van der Waals surface area contributed by atoms with E-state index in [2.05, 4.69) is 32.7 Å². The van der Waals surface area contributed by atoms with Crippen LogP contribution in [-0.4, -0.2) is 126 Å². The first-order valence-corrected chi connectivity index (χ1v) is 27.5. The summed E-state index contributed by atoms with van der Waals surface area (Å²) >= 11 is 0. The first-order valence-electron chi connectivity index (χ1n) is 27.5. The zero-order chi connectivity index (χ0) is 55.3. The van der Waals surface area contributed by atoms with E-state index in [-0.39, 0.29) is 86.5 Å². The Morgan fingerprint density at radius 2 is 1.34 bits per heavy atom. The molecule has 0 bridgehead atoms. The zero-order valence-electron chi connectivity index (χ0n) is 46.8. The van der Waals surface area contributed by atoms with Crippen LogP contribution in [0.25, 0.3) is 0 Å². The first kappa shape index (κ1) is 57.6. The SMILES string of the molecule is CC[C@@H](C)C(=O)N[C@H](C(=O)N1Cc2ccccc2CC1C(=O)N(CC1(C(=O)NC2C[C@@H](C(=O)NC3CCCc4ccccc43)N(C(=O)[C@@H](NC(=O)[C@H](C)NC)C(C)(C)C)C2)CC1)[C@@H](COC)c1ccccc1)C(C)(C)C. The van der Waals surface area contributed by atoms with Crippen LogP contribution in [0.2, 0.25) is 0 Å². The molecule has 7 rings (SSSR count). The number of amides is 7. The second kappa shape index (κ2) is 24.0. The zero-order valence-corrected chi connectivity index (χ0v) is 46.8. The number of aryl methyl sites for hydroxylation is 1. The normalized spacial score (nSPS) is 21.8. The molecule has 7 amide bonds. The van der Waals surface area contributed by atoms with Crippen molar-refractivity contribution in [3.63, 3.8) is 0 Å². The van der Waals surface area contributed by atoms with E-state index in [1.165, 1.54) is 10.5 Å². The molecule has 412 valence electrons. The molecule has 1 saturated heterocycles. The average Bonchev–Trinajstić information content (AvgIpc) is 4.08. The Bertz CT molecular complexity index is 2590. The molecule has 16 heteroatoms. The van der Waals surface area contributed by atoms with Gasteiger partial charge in [-0.05, 0) is 97.6 Å². The molecule has 5 N–H and O–H groups in total. The summed E-state index contributed by atoms with van der Waals surface area (Å²) in [5.41, 5.74) is 2.34. The molecule has 3 unspecified atom stereocenters. The van der Waals surface area contributed by atoms with Gasteiger partial charge in [-0.25, -0.2) is 0 Å². The Hall–Kier alpha value is -6.13. The summed E-state index contributed by atoms with van der Waals surface area (Å²) in [6, 6.07) is 19.4. The highest BCUT2D eigenvalue weighted by Gasteiger charge is 2.55. The predicted molar refractivity (Wildman–Crippen MR) is 292 cm³/mol. The van der Waals surface area contributed by atoms with Crippen LogP contribution in [0.1, 0.15) is 141 Å². The number of hydrogen-bond acceptors (Lipinski definition) is 9. The average molecular weight is 1050 g/mol. The molecule has 16 nitrogen and oxygen atoms in total. The van der Waals surface area contributed by atoms with Gasteiger partial charge in [-0.1, -0.05) is 134 Å². The lowest BCUT2D eigenvalue weighted by Gasteiger charge is -2.44. The van der Waals surface area contributed by atoms with Crippen LogP contribution >= 0.6 is 0 Å². The van der Waals surface area contributed by atoms with Gasteiger partial charge in [-0.3, -0.25) is 33.6 Å². The van der Waals surface area contributed by atoms with E-state index in [9.17, 15) is 19.2 Å². The van der Waals surface area contributed by atoms with Gasteiger partial charge in [0.05, 0.1) is 30.1 Å². The standard InChI is InChI=1S/C60H84N8O8/c1-12-37(2)51(69)64-49(58(4,5)6)55(73)66-33-42-25-17-16-24-41(42)31-47(66)54(72)68(48(35-76-11)40-22-14-13-15-23-40)36-60(29-30-60)57(75)62-43-32-46(53(71)63-45-28-20-26-39-21-18-19-27-44(39)45)67(34-43)56(74)50(59(7,8)9)65-52(70)38(3)61-10/h13-19,21-25,27,37-38,43,45-50,61H,12,20,26,28-36H2,1-11H3,(H,62,75)(H,63,71)(H,64,69)(H,65,70)/t37-,38+,43?,45?,46+,47?,48+,49-,50-/m1/s1. The maximum Gasteiger partial charge on any atom is 0.246 e. The first-order chi connectivity index (χ1) is 36.0. The van der Waals surface area contributed by atoms with Crippen LogP contribution in [0, 0.1) is 22.2 Å². The number of likely N-dealkylation sites (N-methyl/N-ethyl adjacent to an activating group) is 1. The van der Waals surface area contributed by atoms with Crippen LogP contribution < -0.4 is 26.6 Å². The van der Waals surface area contributed by atoms with Crippen molar-refractivity contribution in [2.45, 2.75) is 169 Å². The number of carbonyl (C=O) groups is 7. The van der Waals surface area contributed by atoms with Gasteiger partial charge in [-0.15, -0.1) is 0 Å². The highest BCUT2D eigenvalue weighted by Crippen LogP contribution is 2.48. The van der Waals surface area contributed by atoms with E-state index in [0.717, 1.165) is 41.5 Å². The second-order valence-electron chi connectivity index (χ2n) is 24.1. The minimum Gasteiger partial charge on any atom is -0.382 e. The number of fused-ring (bicyclic) bond motifs is 2. The molecule has 76 heavy (non-hydrogen) atoms. The largest absolute Gasteiger partial charge is 0.382 e. The summed E-state index contributed by atoms with van der Waals surface area (Å²) in [6.07, 6.45) is 4.40. The summed E-state index contributed by atoms with van der Waals surface area (Å²) in [4.78, 5) is 108. The van der Waals surface area contributed by atoms with Gasteiger partial charge < -0.3 is 46.0 Å². The summed E-state index contributed by atoms with van der Waals surface area (Å²) in [6.45, 7) is 17.1. The molecule has 0 spiro atoms. The molecule has 3 aromatic rings. The molecule has 4 aliphatic rings. The maximum atomic E-state index is 15.9. The predicted octanol–water partition coefficient (Wildman–Crippen LogP) is 5.93. The van der Waals surface area contributed by atoms with Crippen LogP contribution in [0.3, 0.4) is 0 Å². The minimum atomic E-state index is -1.05. The summed E-state index contributed by atoms with van der Waals surface area (Å²) in [5.74, 6) is -2.70. The molecular weight excluding hydrogens is 961 g/mol. The highest BCUT2D eigenvalue weighted by atomic mass is 16.5. The maximum absolute atomic E-state index is 15.9. The third-order valence-corrected chi connectivity index (χ3v) is 16.4. The van der Waals surface area contributed by atoms with E-state index in [0.29, 0.717) is 19.3 Å². The number of nitrogens with one attached hydrogen (secondary N) is 5. The van der Waals surface area contributed by atoms with Gasteiger partial charge in [0.25, 0.3) is 0 Å². The fourth-order valence-electron chi connectivity index (χ4n) is 11.1. The Balaban J connectivity index is 1.21. The van der Waals surface area contributed by atoms with E-state index >= 15 is 14.4 Å². The number of nitrogens with zero attached hydrogens (tertiary/aromatic N) is 3. The van der Waals surface area contributed by atoms with Crippen molar-refractivity contribution >= 4 is 41.4 Å². The van der Waals surface area contributed by atoms with Crippen molar-refractivity contribution in [2.24, 2.45) is 22.2 Å². The van der Waals surface area contributed by atoms with Gasteiger partial charge in [-0.2, -0.15) is 0 Å². The summed E-state index contributed by atoms with van der Waals surface area (Å²) < 4.78 is 5.87. The third kappa shape index (κ3) is 13.0. The van der Waals surface area contributed by atoms with Crippen LogP contribution in [0.4, 0.5) is 0 Å². The van der Waals surface area contributed by atoms with E-state index in [4.69, 9.17) is 4.74 Å². The van der Waals surface area contributed by atoms with Crippen LogP contribution in [0.5, 0.6) is 0 Å². The topological polar surface area (TPSA) is 199 Å². The fourth-order valence-corrected chi connectivity index (χ4v) is 11.1. The smallest absolute Gasteiger partial charge is 0.246 e. The lowest BCUT2D eigenvalue weighted by Crippen LogP contribution is -2.62. The molecule has 1 saturated carbocycles. The molecule has 2 heterocycles. The quantitative estimate of drug-likeness (QED) is 0.0966. The fraction of sp³-hybridized carbons (Fsp3) is 0.583. The number of hydrogen-bond donors (Lipinski definition) is 5. The van der Waals surface area contributed by atoms with Gasteiger partial charge in [0.15, 0.2) is 0 Å². The molecular formula is C60H84N8O8. The monoisotopic (exact) mass is 1040 g/mol. The number of likely N-dealkylation sites (tertiary alicyclic amines) is 1. The van der Waals surface area contributed by atoms with Crippen molar-refractivity contribution in [1.82, 2.24) is 41.3 Å². The molecule has 2 fully saturated rings. The Kier molecular flexibility index (Phi) is 18.2. The van der Waals surface area contributed by atoms with Crippen molar-refractivity contribution < 1.29 is 38.3 Å². The number of carbonyl (C=O) groups excluding carboxylic acids is 7. The molecule has 9 atom stereocenters. The third-order valence-electron chi connectivity index (χ3n) is 16.4. The van der Waals surface area contributed by atoms with Crippen molar-refractivity contribution in [3.05, 3.63) is 107 Å². The Labute approximate surface area is 450 Å². The van der Waals surface area contributed by atoms with Crippen molar-refractivity contribution in [2.75, 3.05) is 33.9 Å².